The Balaban J connectivity index is 1.20. The lowest BCUT2D eigenvalue weighted by Gasteiger charge is -2.32. The van der Waals surface area contributed by atoms with Crippen molar-refractivity contribution in [2.24, 2.45) is 5.92 Å². The summed E-state index contributed by atoms with van der Waals surface area (Å²) in [5.74, 6) is 1.37. The van der Waals surface area contributed by atoms with Gasteiger partial charge in [0.15, 0.2) is 5.78 Å². The summed E-state index contributed by atoms with van der Waals surface area (Å²) in [6.07, 6.45) is 6.52. The molecular formula is C26H33ClN2O2. The van der Waals surface area contributed by atoms with Crippen LogP contribution in [0.1, 0.15) is 54.4 Å². The number of carbonyl (C=O) groups is 1. The van der Waals surface area contributed by atoms with Gasteiger partial charge in [0, 0.05) is 37.3 Å². The van der Waals surface area contributed by atoms with Crippen LogP contribution in [0, 0.1) is 5.92 Å². The summed E-state index contributed by atoms with van der Waals surface area (Å²) in [6.45, 7) is 5.64. The number of carbonyl (C=O) groups excluding carboxylic acids is 1. The molecule has 0 radical (unpaired) electrons. The van der Waals surface area contributed by atoms with Gasteiger partial charge in [0.25, 0.3) is 0 Å². The summed E-state index contributed by atoms with van der Waals surface area (Å²) in [6, 6.07) is 14.4. The van der Waals surface area contributed by atoms with Gasteiger partial charge in [0.1, 0.15) is 5.75 Å². The average molecular weight is 441 g/mol. The van der Waals surface area contributed by atoms with Gasteiger partial charge in [-0.25, -0.2) is 0 Å². The van der Waals surface area contributed by atoms with E-state index in [-0.39, 0.29) is 5.78 Å². The van der Waals surface area contributed by atoms with E-state index in [1.807, 2.05) is 0 Å². The Morgan fingerprint density at radius 1 is 1.03 bits per heavy atom. The molecule has 4 rings (SSSR count). The third kappa shape index (κ3) is 5.81. The van der Waals surface area contributed by atoms with E-state index >= 15 is 0 Å². The van der Waals surface area contributed by atoms with Crippen molar-refractivity contribution in [1.29, 1.82) is 0 Å². The lowest BCUT2D eigenvalue weighted by Crippen LogP contribution is -2.33. The highest BCUT2D eigenvalue weighted by atomic mass is 35.5. The van der Waals surface area contributed by atoms with Crippen LogP contribution in [0.15, 0.2) is 42.5 Å². The van der Waals surface area contributed by atoms with Gasteiger partial charge in [-0.3, -0.25) is 9.69 Å². The fourth-order valence-electron chi connectivity index (χ4n) is 4.79. The number of hydrogen-bond acceptors (Lipinski definition) is 4. The van der Waals surface area contributed by atoms with Crippen LogP contribution in [0.2, 0.25) is 5.02 Å². The molecule has 0 unspecified atom stereocenters. The van der Waals surface area contributed by atoms with Crippen LogP contribution in [0.3, 0.4) is 0 Å². The minimum absolute atomic E-state index is 0.176. The average Bonchev–Trinajstić information content (AvgIpc) is 3.34. The molecule has 0 atom stereocenters. The van der Waals surface area contributed by atoms with Crippen LogP contribution in [0.25, 0.3) is 0 Å². The molecular weight excluding hydrogens is 408 g/mol. The van der Waals surface area contributed by atoms with Crippen molar-refractivity contribution in [2.45, 2.75) is 45.1 Å². The van der Waals surface area contributed by atoms with Crippen molar-refractivity contribution in [3.05, 3.63) is 58.6 Å². The molecule has 0 bridgehead atoms. The molecule has 2 saturated heterocycles. The van der Waals surface area contributed by atoms with Gasteiger partial charge in [-0.2, -0.15) is 0 Å². The normalized spacial score (nSPS) is 17.8. The van der Waals surface area contributed by atoms with Crippen molar-refractivity contribution >= 4 is 23.1 Å². The third-order valence-electron chi connectivity index (χ3n) is 6.77. The smallest absolute Gasteiger partial charge is 0.163 e. The minimum Gasteiger partial charge on any atom is -0.495 e. The van der Waals surface area contributed by atoms with E-state index in [0.29, 0.717) is 28.7 Å². The summed E-state index contributed by atoms with van der Waals surface area (Å²) >= 11 is 6.07. The fraction of sp³-hybridized carbons (Fsp3) is 0.500. The van der Waals surface area contributed by atoms with Gasteiger partial charge in [0.2, 0.25) is 0 Å². The Morgan fingerprint density at radius 3 is 2.42 bits per heavy atom. The summed E-state index contributed by atoms with van der Waals surface area (Å²) in [7, 11) is 1.57. The van der Waals surface area contributed by atoms with Gasteiger partial charge >= 0.3 is 0 Å². The first-order valence-electron chi connectivity index (χ1n) is 11.6. The number of halogens is 1. The predicted molar refractivity (Wildman–Crippen MR) is 127 cm³/mol. The maximum absolute atomic E-state index is 12.6. The quantitative estimate of drug-likeness (QED) is 0.484. The van der Waals surface area contributed by atoms with Crippen molar-refractivity contribution in [3.8, 4) is 5.75 Å². The zero-order chi connectivity index (χ0) is 21.6. The summed E-state index contributed by atoms with van der Waals surface area (Å²) in [5.41, 5.74) is 3.45. The summed E-state index contributed by atoms with van der Waals surface area (Å²) in [4.78, 5) is 17.6. The van der Waals surface area contributed by atoms with Crippen molar-refractivity contribution in [1.82, 2.24) is 4.90 Å². The number of hydrogen-bond donors (Lipinski definition) is 0. The number of ketones is 1. The second-order valence-corrected chi connectivity index (χ2v) is 9.30. The van der Waals surface area contributed by atoms with Crippen LogP contribution in [0.5, 0.6) is 5.75 Å². The SMILES string of the molecule is COc1cc(C(=O)CCC2CCN(Cc3ccc(N4CCCC4)cc3)CC2)ccc1Cl. The summed E-state index contributed by atoms with van der Waals surface area (Å²) < 4.78 is 5.23. The molecule has 0 aliphatic carbocycles. The van der Waals surface area contributed by atoms with E-state index in [2.05, 4.69) is 34.1 Å². The fourth-order valence-corrected chi connectivity index (χ4v) is 4.99. The molecule has 2 heterocycles. The standard InChI is InChI=1S/C26H33ClN2O2/c1-31-26-18-22(7-10-24(26)27)25(30)11-6-20-12-16-28(17-13-20)19-21-4-8-23(9-5-21)29-14-2-3-15-29/h4-5,7-10,18,20H,2-3,6,11-17,19H2,1H3. The van der Waals surface area contributed by atoms with Gasteiger partial charge in [-0.1, -0.05) is 23.7 Å². The van der Waals surface area contributed by atoms with Crippen LogP contribution in [-0.2, 0) is 6.54 Å². The highest BCUT2D eigenvalue weighted by Crippen LogP contribution is 2.28. The molecule has 166 valence electrons. The van der Waals surface area contributed by atoms with E-state index in [1.165, 1.54) is 50.0 Å². The van der Waals surface area contributed by atoms with Gasteiger partial charge in [-0.15, -0.1) is 0 Å². The van der Waals surface area contributed by atoms with Gasteiger partial charge < -0.3 is 9.64 Å². The molecule has 0 spiro atoms. The van der Waals surface area contributed by atoms with E-state index in [9.17, 15) is 4.79 Å². The maximum Gasteiger partial charge on any atom is 0.163 e. The largest absolute Gasteiger partial charge is 0.495 e. The first kappa shape index (κ1) is 22.2. The van der Waals surface area contributed by atoms with E-state index < -0.39 is 0 Å². The topological polar surface area (TPSA) is 32.8 Å². The van der Waals surface area contributed by atoms with Gasteiger partial charge in [-0.05, 0) is 87.0 Å². The minimum atomic E-state index is 0.176. The predicted octanol–water partition coefficient (Wildman–Crippen LogP) is 5.82. The number of ether oxygens (including phenoxy) is 1. The molecule has 0 saturated carbocycles. The summed E-state index contributed by atoms with van der Waals surface area (Å²) in [5, 5.41) is 0.539. The Labute approximate surface area is 191 Å². The second-order valence-electron chi connectivity index (χ2n) is 8.89. The number of benzene rings is 2. The van der Waals surface area contributed by atoms with E-state index in [0.717, 1.165) is 26.1 Å². The van der Waals surface area contributed by atoms with E-state index in [1.54, 1.807) is 25.3 Å². The Bertz CT molecular complexity index is 869. The van der Waals surface area contributed by atoms with Gasteiger partial charge in [0.05, 0.1) is 12.1 Å². The first-order chi connectivity index (χ1) is 15.1. The van der Waals surface area contributed by atoms with Crippen LogP contribution < -0.4 is 9.64 Å². The monoisotopic (exact) mass is 440 g/mol. The molecule has 5 heteroatoms. The third-order valence-corrected chi connectivity index (χ3v) is 7.09. The number of Topliss-reactive ketones (excluding diaryl/α,β-unsaturated/α-hetero) is 1. The molecule has 0 amide bonds. The first-order valence-corrected chi connectivity index (χ1v) is 11.9. The molecule has 31 heavy (non-hydrogen) atoms. The van der Waals surface area contributed by atoms with Crippen LogP contribution >= 0.6 is 11.6 Å². The number of rotatable bonds is 8. The Morgan fingerprint density at radius 2 is 1.74 bits per heavy atom. The zero-order valence-electron chi connectivity index (χ0n) is 18.5. The molecule has 2 aromatic rings. The second kappa shape index (κ2) is 10.5. The Kier molecular flexibility index (Phi) is 7.52. The van der Waals surface area contributed by atoms with Crippen molar-refractivity contribution < 1.29 is 9.53 Å². The van der Waals surface area contributed by atoms with Crippen molar-refractivity contribution in [2.75, 3.05) is 38.2 Å². The number of likely N-dealkylation sites (tertiary alicyclic amines) is 1. The molecule has 2 aliphatic rings. The highest BCUT2D eigenvalue weighted by molar-refractivity contribution is 6.32. The zero-order valence-corrected chi connectivity index (χ0v) is 19.2. The lowest BCUT2D eigenvalue weighted by atomic mass is 9.90. The molecule has 0 N–H and O–H groups in total. The van der Waals surface area contributed by atoms with Crippen LogP contribution in [0.4, 0.5) is 5.69 Å². The molecule has 2 fully saturated rings. The number of piperidine rings is 1. The Hall–Kier alpha value is -2.04. The van der Waals surface area contributed by atoms with Crippen LogP contribution in [-0.4, -0.2) is 44.0 Å². The number of methoxy groups -OCH3 is 1. The molecule has 2 aromatic carbocycles. The molecule has 2 aliphatic heterocycles. The van der Waals surface area contributed by atoms with E-state index in [4.69, 9.17) is 16.3 Å². The number of nitrogens with zero attached hydrogens (tertiary/aromatic N) is 2. The maximum atomic E-state index is 12.6. The molecule has 4 nitrogen and oxygen atoms in total. The highest BCUT2D eigenvalue weighted by Gasteiger charge is 2.21. The van der Waals surface area contributed by atoms with Crippen molar-refractivity contribution in [3.63, 3.8) is 0 Å². The molecule has 0 aromatic heterocycles. The number of anilines is 1. The lowest BCUT2D eigenvalue weighted by molar-refractivity contribution is 0.0961.